The fourth-order valence-corrected chi connectivity index (χ4v) is 2.26. The van der Waals surface area contributed by atoms with Crippen molar-refractivity contribution < 1.29 is 9.50 Å². The van der Waals surface area contributed by atoms with E-state index in [2.05, 4.69) is 15.3 Å². The van der Waals surface area contributed by atoms with Crippen LogP contribution < -0.4 is 5.32 Å². The molecule has 1 heterocycles. The van der Waals surface area contributed by atoms with Crippen LogP contribution in [0.1, 0.15) is 25.7 Å². The molecule has 17 heavy (non-hydrogen) atoms. The van der Waals surface area contributed by atoms with Gasteiger partial charge in [-0.25, -0.2) is 9.37 Å². The maximum atomic E-state index is 13.3. The smallest absolute Gasteiger partial charge is 0.224 e. The molecule has 0 spiro atoms. The zero-order valence-corrected chi connectivity index (χ0v) is 10.1. The lowest BCUT2D eigenvalue weighted by Gasteiger charge is -2.27. The average Bonchev–Trinajstić information content (AvgIpc) is 2.32. The van der Waals surface area contributed by atoms with Crippen LogP contribution >= 0.6 is 11.6 Å². The van der Waals surface area contributed by atoms with Crippen molar-refractivity contribution in [3.8, 4) is 0 Å². The number of rotatable bonds is 3. The molecule has 1 aromatic heterocycles. The Hall–Kier alpha value is -0.940. The fraction of sp³-hybridized carbons (Fsp3) is 0.636. The molecule has 2 unspecified atom stereocenters. The second-order valence-corrected chi connectivity index (χ2v) is 4.67. The summed E-state index contributed by atoms with van der Waals surface area (Å²) in [7, 11) is 0. The molecule has 94 valence electrons. The van der Waals surface area contributed by atoms with E-state index in [9.17, 15) is 9.50 Å². The number of halogens is 2. The molecular formula is C11H15ClFN3O. The van der Waals surface area contributed by atoms with E-state index in [-0.39, 0.29) is 23.1 Å². The lowest BCUT2D eigenvalue weighted by atomic mass is 9.86. The van der Waals surface area contributed by atoms with Crippen molar-refractivity contribution in [3.05, 3.63) is 17.3 Å². The Morgan fingerprint density at radius 3 is 3.00 bits per heavy atom. The van der Waals surface area contributed by atoms with Crippen LogP contribution in [-0.2, 0) is 0 Å². The van der Waals surface area contributed by atoms with Crippen LogP contribution in [0.5, 0.6) is 0 Å². The minimum absolute atomic E-state index is 0.0121. The molecule has 1 aromatic rings. The molecule has 0 aromatic carbocycles. The molecule has 1 saturated carbocycles. The van der Waals surface area contributed by atoms with Crippen molar-refractivity contribution in [2.24, 2.45) is 5.92 Å². The van der Waals surface area contributed by atoms with Gasteiger partial charge in [-0.15, -0.1) is 0 Å². The molecule has 2 rings (SSSR count). The van der Waals surface area contributed by atoms with Crippen molar-refractivity contribution in [1.29, 1.82) is 0 Å². The lowest BCUT2D eigenvalue weighted by molar-refractivity contribution is 0.0762. The van der Waals surface area contributed by atoms with E-state index in [0.717, 1.165) is 31.9 Å². The van der Waals surface area contributed by atoms with E-state index < -0.39 is 5.82 Å². The first kappa shape index (κ1) is 12.5. The average molecular weight is 260 g/mol. The number of hydrogen-bond donors (Lipinski definition) is 2. The van der Waals surface area contributed by atoms with Gasteiger partial charge in [-0.3, -0.25) is 0 Å². The lowest BCUT2D eigenvalue weighted by Crippen LogP contribution is -2.30. The molecule has 6 heteroatoms. The predicted molar refractivity (Wildman–Crippen MR) is 63.5 cm³/mol. The molecule has 0 radical (unpaired) electrons. The highest BCUT2D eigenvalue weighted by atomic mass is 35.5. The number of nitrogens with zero attached hydrogens (tertiary/aromatic N) is 2. The number of aliphatic hydroxyl groups is 1. The number of anilines is 1. The summed E-state index contributed by atoms with van der Waals surface area (Å²) in [5.41, 5.74) is 0. The van der Waals surface area contributed by atoms with E-state index >= 15 is 0 Å². The van der Waals surface area contributed by atoms with Gasteiger partial charge in [-0.05, 0) is 24.4 Å². The zero-order valence-electron chi connectivity index (χ0n) is 9.37. The van der Waals surface area contributed by atoms with Crippen molar-refractivity contribution in [3.63, 3.8) is 0 Å². The Morgan fingerprint density at radius 1 is 1.47 bits per heavy atom. The van der Waals surface area contributed by atoms with Gasteiger partial charge in [0, 0.05) is 12.5 Å². The quantitative estimate of drug-likeness (QED) is 0.818. The Kier molecular flexibility index (Phi) is 4.12. The fourth-order valence-electron chi connectivity index (χ4n) is 2.12. The van der Waals surface area contributed by atoms with Gasteiger partial charge >= 0.3 is 0 Å². The predicted octanol–water partition coefficient (Wildman–Crippen LogP) is 2.23. The minimum Gasteiger partial charge on any atom is -0.393 e. The summed E-state index contributed by atoms with van der Waals surface area (Å²) in [4.78, 5) is 7.31. The highest BCUT2D eigenvalue weighted by Crippen LogP contribution is 2.24. The highest BCUT2D eigenvalue weighted by Gasteiger charge is 2.23. The summed E-state index contributed by atoms with van der Waals surface area (Å²) in [5, 5.41) is 12.7. The van der Waals surface area contributed by atoms with Crippen LogP contribution in [0.3, 0.4) is 0 Å². The second kappa shape index (κ2) is 5.60. The first-order valence-corrected chi connectivity index (χ1v) is 6.14. The van der Waals surface area contributed by atoms with Gasteiger partial charge in [0.25, 0.3) is 0 Å². The van der Waals surface area contributed by atoms with E-state index in [4.69, 9.17) is 11.6 Å². The number of aliphatic hydroxyl groups excluding tert-OH is 1. The monoisotopic (exact) mass is 259 g/mol. The van der Waals surface area contributed by atoms with E-state index in [1.807, 2.05) is 0 Å². The Morgan fingerprint density at radius 2 is 2.24 bits per heavy atom. The van der Waals surface area contributed by atoms with E-state index in [1.165, 1.54) is 0 Å². The summed E-state index contributed by atoms with van der Waals surface area (Å²) in [6.45, 7) is 0.505. The summed E-state index contributed by atoms with van der Waals surface area (Å²) in [6, 6.07) is 0. The Labute approximate surface area is 104 Å². The molecule has 0 aliphatic heterocycles. The van der Waals surface area contributed by atoms with Crippen molar-refractivity contribution in [2.45, 2.75) is 31.8 Å². The third-order valence-corrected chi connectivity index (χ3v) is 3.30. The van der Waals surface area contributed by atoms with Gasteiger partial charge in [0.2, 0.25) is 5.28 Å². The van der Waals surface area contributed by atoms with Gasteiger partial charge in [0.15, 0.2) is 11.6 Å². The van der Waals surface area contributed by atoms with Gasteiger partial charge < -0.3 is 10.4 Å². The maximum absolute atomic E-state index is 13.3. The highest BCUT2D eigenvalue weighted by molar-refractivity contribution is 6.28. The number of nitrogens with one attached hydrogen (secondary N) is 1. The SMILES string of the molecule is OC1CCCCC1CNc1nc(Cl)ncc1F. The van der Waals surface area contributed by atoms with E-state index in [1.54, 1.807) is 0 Å². The third-order valence-electron chi connectivity index (χ3n) is 3.12. The van der Waals surface area contributed by atoms with Crippen LogP contribution in [0, 0.1) is 11.7 Å². The maximum Gasteiger partial charge on any atom is 0.224 e. The minimum atomic E-state index is -0.528. The molecular weight excluding hydrogens is 245 g/mol. The zero-order chi connectivity index (χ0) is 12.3. The molecule has 0 amide bonds. The Balaban J connectivity index is 1.94. The summed E-state index contributed by atoms with van der Waals surface area (Å²) >= 11 is 5.59. The molecule has 1 aliphatic carbocycles. The molecule has 2 atom stereocenters. The van der Waals surface area contributed by atoms with Crippen molar-refractivity contribution >= 4 is 17.4 Å². The topological polar surface area (TPSA) is 58.0 Å². The molecule has 0 saturated heterocycles. The van der Waals surface area contributed by atoms with Gasteiger partial charge in [0.05, 0.1) is 12.3 Å². The van der Waals surface area contributed by atoms with Crippen LogP contribution in [0.4, 0.5) is 10.2 Å². The Bertz CT molecular complexity index is 391. The first-order chi connectivity index (χ1) is 8.16. The van der Waals surface area contributed by atoms with Gasteiger partial charge in [0.1, 0.15) is 0 Å². The largest absolute Gasteiger partial charge is 0.393 e. The molecule has 1 fully saturated rings. The standard InChI is InChI=1S/C11H15ClFN3O/c12-11-15-6-8(13)10(16-11)14-5-7-3-1-2-4-9(7)17/h6-7,9,17H,1-5H2,(H,14,15,16). The summed E-state index contributed by atoms with van der Waals surface area (Å²) < 4.78 is 13.3. The molecule has 2 N–H and O–H groups in total. The van der Waals surface area contributed by atoms with E-state index in [0.29, 0.717) is 6.54 Å². The first-order valence-electron chi connectivity index (χ1n) is 5.77. The van der Waals surface area contributed by atoms with Crippen molar-refractivity contribution in [1.82, 2.24) is 9.97 Å². The van der Waals surface area contributed by atoms with Crippen LogP contribution in [0.25, 0.3) is 0 Å². The normalized spacial score (nSPS) is 24.6. The summed E-state index contributed by atoms with van der Waals surface area (Å²) in [6.07, 6.45) is 4.67. The van der Waals surface area contributed by atoms with Crippen LogP contribution in [-0.4, -0.2) is 27.7 Å². The van der Waals surface area contributed by atoms with Gasteiger partial charge in [-0.1, -0.05) is 12.8 Å². The molecule has 4 nitrogen and oxygen atoms in total. The number of hydrogen-bond acceptors (Lipinski definition) is 4. The molecule has 0 bridgehead atoms. The summed E-state index contributed by atoms with van der Waals surface area (Å²) in [5.74, 6) is -0.278. The number of aromatic nitrogens is 2. The third kappa shape index (κ3) is 3.26. The van der Waals surface area contributed by atoms with Crippen LogP contribution in [0.15, 0.2) is 6.20 Å². The van der Waals surface area contributed by atoms with Crippen LogP contribution in [0.2, 0.25) is 5.28 Å². The molecule has 1 aliphatic rings. The van der Waals surface area contributed by atoms with Crippen molar-refractivity contribution in [2.75, 3.05) is 11.9 Å². The van der Waals surface area contributed by atoms with Gasteiger partial charge in [-0.2, -0.15) is 4.98 Å². The second-order valence-electron chi connectivity index (χ2n) is 4.33.